The number of nitrogens with zero attached hydrogens (tertiary/aromatic N) is 4. The molecule has 0 unspecified atom stereocenters. The maximum absolute atomic E-state index is 13.2. The monoisotopic (exact) mass is 482 g/mol. The van der Waals surface area contributed by atoms with E-state index in [9.17, 15) is 4.79 Å². The number of aromatic nitrogens is 4. The number of benzene rings is 1. The Hall–Kier alpha value is -3.40. The van der Waals surface area contributed by atoms with Crippen LogP contribution in [0.3, 0.4) is 0 Å². The fourth-order valence-electron chi connectivity index (χ4n) is 3.09. The third kappa shape index (κ3) is 5.38. The van der Waals surface area contributed by atoms with Crippen LogP contribution in [0.15, 0.2) is 30.7 Å². The standard InChI is InChI=1S/C24H34N6O3Si/c1-15-10-11-19(33-34(8,9)24(3,4)5)16(2)20(15)28-21(31)18-13-25-23(29-22(18)32-7)27-17-12-26-30(6)14-17/h10-14H,1-9H3,(H,28,31)(H,25,27,29). The van der Waals surface area contributed by atoms with Crippen molar-refractivity contribution in [1.29, 1.82) is 0 Å². The van der Waals surface area contributed by atoms with Crippen molar-refractivity contribution >= 4 is 31.5 Å². The molecule has 182 valence electrons. The van der Waals surface area contributed by atoms with Crippen LogP contribution in [0.5, 0.6) is 11.6 Å². The molecule has 0 aliphatic carbocycles. The summed E-state index contributed by atoms with van der Waals surface area (Å²) in [6.07, 6.45) is 4.89. The zero-order valence-corrected chi connectivity index (χ0v) is 22.4. The van der Waals surface area contributed by atoms with Gasteiger partial charge in [-0.15, -0.1) is 0 Å². The molecule has 9 nitrogen and oxygen atoms in total. The molecule has 34 heavy (non-hydrogen) atoms. The Kier molecular flexibility index (Phi) is 7.01. The van der Waals surface area contributed by atoms with Crippen LogP contribution in [0.2, 0.25) is 18.1 Å². The molecule has 0 fully saturated rings. The maximum Gasteiger partial charge on any atom is 0.262 e. The molecule has 0 bridgehead atoms. The number of rotatable bonds is 7. The third-order valence-corrected chi connectivity index (χ3v) is 10.5. The number of aryl methyl sites for hydroxylation is 2. The van der Waals surface area contributed by atoms with E-state index in [1.807, 2.05) is 33.0 Å². The van der Waals surface area contributed by atoms with E-state index in [1.165, 1.54) is 13.3 Å². The van der Waals surface area contributed by atoms with Gasteiger partial charge in [-0.25, -0.2) is 4.98 Å². The highest BCUT2D eigenvalue weighted by Gasteiger charge is 2.39. The summed E-state index contributed by atoms with van der Waals surface area (Å²) in [6.45, 7) is 14.9. The summed E-state index contributed by atoms with van der Waals surface area (Å²) in [6, 6.07) is 3.93. The van der Waals surface area contributed by atoms with Crippen molar-refractivity contribution in [2.45, 2.75) is 52.8 Å². The lowest BCUT2D eigenvalue weighted by Crippen LogP contribution is -2.44. The molecular weight excluding hydrogens is 448 g/mol. The number of hydrogen-bond acceptors (Lipinski definition) is 7. The van der Waals surface area contributed by atoms with E-state index in [0.717, 1.165) is 22.6 Å². The Bertz CT molecular complexity index is 1200. The van der Waals surface area contributed by atoms with Crippen LogP contribution in [-0.2, 0) is 7.05 Å². The quantitative estimate of drug-likeness (QED) is 0.445. The van der Waals surface area contributed by atoms with Gasteiger partial charge >= 0.3 is 0 Å². The second kappa shape index (κ2) is 9.45. The molecular formula is C24H34N6O3Si. The van der Waals surface area contributed by atoms with Crippen LogP contribution in [0, 0.1) is 13.8 Å². The van der Waals surface area contributed by atoms with Gasteiger partial charge < -0.3 is 19.8 Å². The van der Waals surface area contributed by atoms with Crippen molar-refractivity contribution in [3.63, 3.8) is 0 Å². The molecule has 2 heterocycles. The minimum Gasteiger partial charge on any atom is -0.543 e. The number of hydrogen-bond donors (Lipinski definition) is 2. The molecule has 3 aromatic rings. The number of methoxy groups -OCH3 is 1. The molecule has 3 rings (SSSR count). The van der Waals surface area contributed by atoms with Gasteiger partial charge in [0.1, 0.15) is 11.3 Å². The Morgan fingerprint density at radius 3 is 2.44 bits per heavy atom. The van der Waals surface area contributed by atoms with Gasteiger partial charge in [0.15, 0.2) is 0 Å². The summed E-state index contributed by atoms with van der Waals surface area (Å²) in [4.78, 5) is 21.8. The van der Waals surface area contributed by atoms with Crippen molar-refractivity contribution in [3.05, 3.63) is 47.4 Å². The van der Waals surface area contributed by atoms with Gasteiger partial charge in [-0.2, -0.15) is 10.1 Å². The topological polar surface area (TPSA) is 103 Å². The van der Waals surface area contributed by atoms with Gasteiger partial charge in [-0.05, 0) is 43.6 Å². The zero-order valence-electron chi connectivity index (χ0n) is 21.4. The number of amides is 1. The van der Waals surface area contributed by atoms with E-state index in [-0.39, 0.29) is 22.4 Å². The highest BCUT2D eigenvalue weighted by molar-refractivity contribution is 6.74. The highest BCUT2D eigenvalue weighted by Crippen LogP contribution is 2.40. The van der Waals surface area contributed by atoms with Crippen molar-refractivity contribution in [1.82, 2.24) is 19.7 Å². The predicted molar refractivity (Wildman–Crippen MR) is 137 cm³/mol. The average Bonchev–Trinajstić information content (AvgIpc) is 3.16. The lowest BCUT2D eigenvalue weighted by Gasteiger charge is -2.37. The summed E-state index contributed by atoms with van der Waals surface area (Å²) in [7, 11) is 1.25. The number of carbonyl (C=O) groups is 1. The number of nitrogens with one attached hydrogen (secondary N) is 2. The highest BCUT2D eigenvalue weighted by atomic mass is 28.4. The van der Waals surface area contributed by atoms with Gasteiger partial charge in [0.05, 0.1) is 24.7 Å². The Labute approximate surface area is 202 Å². The molecule has 1 amide bonds. The first-order chi connectivity index (χ1) is 15.8. The first-order valence-corrected chi connectivity index (χ1v) is 14.0. The molecule has 0 atom stereocenters. The van der Waals surface area contributed by atoms with E-state index >= 15 is 0 Å². The zero-order chi connectivity index (χ0) is 25.3. The molecule has 2 N–H and O–H groups in total. The predicted octanol–water partition coefficient (Wildman–Crippen LogP) is 5.22. The molecule has 0 radical (unpaired) electrons. The first-order valence-electron chi connectivity index (χ1n) is 11.1. The van der Waals surface area contributed by atoms with E-state index in [1.54, 1.807) is 17.1 Å². The van der Waals surface area contributed by atoms with Crippen molar-refractivity contribution in [2.24, 2.45) is 7.05 Å². The first kappa shape index (κ1) is 25.2. The molecule has 0 aliphatic heterocycles. The van der Waals surface area contributed by atoms with Crippen LogP contribution in [0.25, 0.3) is 0 Å². The van der Waals surface area contributed by atoms with E-state index in [2.05, 4.69) is 59.6 Å². The van der Waals surface area contributed by atoms with Crippen molar-refractivity contribution in [3.8, 4) is 11.6 Å². The smallest absolute Gasteiger partial charge is 0.262 e. The second-order valence-corrected chi connectivity index (χ2v) is 14.6. The van der Waals surface area contributed by atoms with Crippen molar-refractivity contribution < 1.29 is 14.0 Å². The normalized spacial score (nSPS) is 11.8. The second-order valence-electron chi connectivity index (χ2n) is 9.84. The Morgan fingerprint density at radius 1 is 1.15 bits per heavy atom. The Morgan fingerprint density at radius 2 is 1.85 bits per heavy atom. The lowest BCUT2D eigenvalue weighted by molar-refractivity contribution is 0.102. The lowest BCUT2D eigenvalue weighted by atomic mass is 10.1. The van der Waals surface area contributed by atoms with Gasteiger partial charge in [-0.1, -0.05) is 26.8 Å². The van der Waals surface area contributed by atoms with Crippen LogP contribution in [0.4, 0.5) is 17.3 Å². The maximum atomic E-state index is 13.2. The minimum atomic E-state index is -2.04. The van der Waals surface area contributed by atoms with Gasteiger partial charge in [0, 0.05) is 25.0 Å². The number of ether oxygens (including phenoxy) is 1. The SMILES string of the molecule is COc1nc(Nc2cnn(C)c2)ncc1C(=O)Nc1c(C)ccc(O[Si](C)(C)C(C)(C)C)c1C. The molecule has 0 saturated heterocycles. The number of carbonyl (C=O) groups excluding carboxylic acids is 1. The average molecular weight is 483 g/mol. The van der Waals surface area contributed by atoms with Crippen LogP contribution in [-0.4, -0.2) is 41.1 Å². The third-order valence-electron chi connectivity index (χ3n) is 6.19. The van der Waals surface area contributed by atoms with E-state index in [0.29, 0.717) is 11.6 Å². The molecule has 10 heteroatoms. The molecule has 0 aliphatic rings. The van der Waals surface area contributed by atoms with Crippen molar-refractivity contribution in [2.75, 3.05) is 17.7 Å². The van der Waals surface area contributed by atoms with Crippen LogP contribution >= 0.6 is 0 Å². The van der Waals surface area contributed by atoms with Crippen LogP contribution < -0.4 is 19.8 Å². The summed E-state index contributed by atoms with van der Waals surface area (Å²) in [5.41, 5.74) is 3.48. The largest absolute Gasteiger partial charge is 0.543 e. The molecule has 0 spiro atoms. The Balaban J connectivity index is 1.86. The summed E-state index contributed by atoms with van der Waals surface area (Å²) in [5, 5.41) is 10.2. The molecule has 2 aromatic heterocycles. The summed E-state index contributed by atoms with van der Waals surface area (Å²) >= 11 is 0. The van der Waals surface area contributed by atoms with E-state index in [4.69, 9.17) is 9.16 Å². The fourth-order valence-corrected chi connectivity index (χ4v) is 4.17. The molecule has 1 aromatic carbocycles. The van der Waals surface area contributed by atoms with Crippen LogP contribution in [0.1, 0.15) is 42.3 Å². The number of anilines is 3. The van der Waals surface area contributed by atoms with Gasteiger partial charge in [-0.3, -0.25) is 9.48 Å². The fraction of sp³-hybridized carbons (Fsp3) is 0.417. The summed E-state index contributed by atoms with van der Waals surface area (Å²) in [5.74, 6) is 0.897. The minimum absolute atomic E-state index is 0.0596. The van der Waals surface area contributed by atoms with E-state index < -0.39 is 8.32 Å². The van der Waals surface area contributed by atoms with Gasteiger partial charge in [0.25, 0.3) is 5.91 Å². The van der Waals surface area contributed by atoms with Gasteiger partial charge in [0.2, 0.25) is 20.1 Å². The molecule has 0 saturated carbocycles. The summed E-state index contributed by atoms with van der Waals surface area (Å²) < 4.78 is 13.6.